The van der Waals surface area contributed by atoms with Gasteiger partial charge in [0.1, 0.15) is 0 Å². The van der Waals surface area contributed by atoms with Crippen molar-refractivity contribution in [2.24, 2.45) is 0 Å². The SMILES string of the molecule is O=C(CN1CCN(C2c3ccccc3-c3ccccc32)CC1)Nc1cc(Cl)cc(Cl)c1. The minimum absolute atomic E-state index is 0.0525. The Balaban J connectivity index is 1.23. The Hall–Kier alpha value is -2.37. The van der Waals surface area contributed by atoms with E-state index in [4.69, 9.17) is 23.2 Å². The average Bonchev–Trinajstić information content (AvgIpc) is 3.08. The highest BCUT2D eigenvalue weighted by Crippen LogP contribution is 2.46. The molecule has 0 aromatic heterocycles. The van der Waals surface area contributed by atoms with Gasteiger partial charge in [-0.05, 0) is 40.5 Å². The van der Waals surface area contributed by atoms with E-state index >= 15 is 0 Å². The van der Waals surface area contributed by atoms with E-state index in [9.17, 15) is 4.79 Å². The van der Waals surface area contributed by atoms with Crippen molar-refractivity contribution in [1.29, 1.82) is 0 Å². The van der Waals surface area contributed by atoms with Crippen LogP contribution in [0, 0.1) is 0 Å². The van der Waals surface area contributed by atoms with Gasteiger partial charge in [-0.15, -0.1) is 0 Å². The molecule has 1 aliphatic heterocycles. The quantitative estimate of drug-likeness (QED) is 0.582. The Morgan fingerprint density at radius 3 is 1.97 bits per heavy atom. The predicted octanol–water partition coefficient (Wildman–Crippen LogP) is 5.32. The number of hydrogen-bond acceptors (Lipinski definition) is 3. The summed E-state index contributed by atoms with van der Waals surface area (Å²) in [6, 6.07) is 22.8. The number of rotatable bonds is 4. The van der Waals surface area contributed by atoms with Crippen LogP contribution in [0.4, 0.5) is 5.69 Å². The van der Waals surface area contributed by atoms with Gasteiger partial charge in [-0.2, -0.15) is 0 Å². The molecule has 3 aromatic carbocycles. The number of anilines is 1. The monoisotopic (exact) mass is 451 g/mol. The molecule has 31 heavy (non-hydrogen) atoms. The number of amides is 1. The Bertz CT molecular complexity index is 1060. The standard InChI is InChI=1S/C25H23Cl2N3O/c26-17-13-18(27)15-19(14-17)28-24(31)16-29-9-11-30(12-10-29)25-22-7-3-1-5-20(22)21-6-2-4-8-23(21)25/h1-8,13-15,25H,9-12,16H2,(H,28,31). The first-order valence-electron chi connectivity index (χ1n) is 10.5. The summed E-state index contributed by atoms with van der Waals surface area (Å²) in [5.41, 5.74) is 6.07. The topological polar surface area (TPSA) is 35.6 Å². The van der Waals surface area contributed by atoms with Crippen molar-refractivity contribution in [2.75, 3.05) is 38.0 Å². The van der Waals surface area contributed by atoms with Crippen molar-refractivity contribution in [1.82, 2.24) is 9.80 Å². The maximum absolute atomic E-state index is 12.5. The zero-order valence-corrected chi connectivity index (χ0v) is 18.5. The minimum Gasteiger partial charge on any atom is -0.325 e. The van der Waals surface area contributed by atoms with Crippen LogP contribution in [0.25, 0.3) is 11.1 Å². The summed E-state index contributed by atoms with van der Waals surface area (Å²) in [6.45, 7) is 3.90. The summed E-state index contributed by atoms with van der Waals surface area (Å²) in [4.78, 5) is 17.3. The third-order valence-electron chi connectivity index (χ3n) is 6.09. The average molecular weight is 452 g/mol. The lowest BCUT2D eigenvalue weighted by molar-refractivity contribution is -0.117. The molecule has 0 bridgehead atoms. The zero-order valence-electron chi connectivity index (χ0n) is 17.0. The molecule has 158 valence electrons. The van der Waals surface area contributed by atoms with Gasteiger partial charge in [-0.25, -0.2) is 0 Å². The summed E-state index contributed by atoms with van der Waals surface area (Å²) in [5, 5.41) is 3.92. The van der Waals surface area contributed by atoms with Crippen molar-refractivity contribution >= 4 is 34.8 Å². The third-order valence-corrected chi connectivity index (χ3v) is 6.52. The molecule has 0 spiro atoms. The second kappa shape index (κ2) is 8.64. The molecule has 0 unspecified atom stereocenters. The fourth-order valence-electron chi connectivity index (χ4n) is 4.73. The molecule has 6 heteroatoms. The Morgan fingerprint density at radius 2 is 1.39 bits per heavy atom. The number of fused-ring (bicyclic) bond motifs is 3. The molecule has 4 nitrogen and oxygen atoms in total. The van der Waals surface area contributed by atoms with Crippen LogP contribution in [0.15, 0.2) is 66.7 Å². The van der Waals surface area contributed by atoms with Gasteiger partial charge in [0, 0.05) is 41.9 Å². The van der Waals surface area contributed by atoms with Gasteiger partial charge in [0.05, 0.1) is 12.6 Å². The Morgan fingerprint density at radius 1 is 0.839 bits per heavy atom. The van der Waals surface area contributed by atoms with E-state index < -0.39 is 0 Å². The van der Waals surface area contributed by atoms with E-state index in [-0.39, 0.29) is 11.9 Å². The normalized spacial score (nSPS) is 16.7. The fraction of sp³-hybridized carbons (Fsp3) is 0.240. The van der Waals surface area contributed by atoms with E-state index in [0.29, 0.717) is 22.3 Å². The maximum atomic E-state index is 12.5. The summed E-state index contributed by atoms with van der Waals surface area (Å²) in [6.07, 6.45) is 0. The molecular formula is C25H23Cl2N3O. The first kappa shape index (κ1) is 20.5. The number of nitrogens with zero attached hydrogens (tertiary/aromatic N) is 2. The van der Waals surface area contributed by atoms with E-state index in [1.165, 1.54) is 22.3 Å². The second-order valence-electron chi connectivity index (χ2n) is 8.10. The van der Waals surface area contributed by atoms with Gasteiger partial charge in [-0.1, -0.05) is 71.7 Å². The molecule has 1 heterocycles. The number of carbonyl (C=O) groups is 1. The molecule has 2 aliphatic rings. The molecule has 0 radical (unpaired) electrons. The molecule has 3 aromatic rings. The summed E-state index contributed by atoms with van der Waals surface area (Å²) in [7, 11) is 0. The molecule has 0 atom stereocenters. The smallest absolute Gasteiger partial charge is 0.238 e. The second-order valence-corrected chi connectivity index (χ2v) is 8.97. The van der Waals surface area contributed by atoms with Gasteiger partial charge in [-0.3, -0.25) is 14.6 Å². The van der Waals surface area contributed by atoms with E-state index in [1.54, 1.807) is 18.2 Å². The summed E-state index contributed by atoms with van der Waals surface area (Å²) < 4.78 is 0. The van der Waals surface area contributed by atoms with Crippen LogP contribution in [0.3, 0.4) is 0 Å². The van der Waals surface area contributed by atoms with Crippen molar-refractivity contribution in [2.45, 2.75) is 6.04 Å². The molecule has 0 saturated carbocycles. The van der Waals surface area contributed by atoms with Crippen molar-refractivity contribution in [3.05, 3.63) is 87.9 Å². The van der Waals surface area contributed by atoms with Crippen molar-refractivity contribution in [3.63, 3.8) is 0 Å². The van der Waals surface area contributed by atoms with Crippen molar-refractivity contribution < 1.29 is 4.79 Å². The number of benzene rings is 3. The van der Waals surface area contributed by atoms with E-state index in [0.717, 1.165) is 26.2 Å². The third kappa shape index (κ3) is 4.21. The molecule has 1 N–H and O–H groups in total. The Kier molecular flexibility index (Phi) is 5.72. The van der Waals surface area contributed by atoms with Crippen LogP contribution in [0.5, 0.6) is 0 Å². The fourth-order valence-corrected chi connectivity index (χ4v) is 5.26. The van der Waals surface area contributed by atoms with Crippen molar-refractivity contribution in [3.8, 4) is 11.1 Å². The maximum Gasteiger partial charge on any atom is 0.238 e. The van der Waals surface area contributed by atoms with Gasteiger partial charge >= 0.3 is 0 Å². The van der Waals surface area contributed by atoms with Crippen LogP contribution in [-0.4, -0.2) is 48.4 Å². The summed E-state index contributed by atoms with van der Waals surface area (Å²) >= 11 is 12.0. The predicted molar refractivity (Wildman–Crippen MR) is 127 cm³/mol. The highest BCUT2D eigenvalue weighted by Gasteiger charge is 2.34. The molecule has 1 fully saturated rings. The molecule has 1 aliphatic carbocycles. The molecular weight excluding hydrogens is 429 g/mol. The Labute approximate surface area is 192 Å². The lowest BCUT2D eigenvalue weighted by atomic mass is 10.0. The molecule has 5 rings (SSSR count). The number of nitrogens with one attached hydrogen (secondary N) is 1. The number of hydrogen-bond donors (Lipinski definition) is 1. The van der Waals surface area contributed by atoms with E-state index in [2.05, 4.69) is 63.6 Å². The van der Waals surface area contributed by atoms with Crippen LogP contribution in [0.1, 0.15) is 17.2 Å². The highest BCUT2D eigenvalue weighted by atomic mass is 35.5. The lowest BCUT2D eigenvalue weighted by Gasteiger charge is -2.38. The zero-order chi connectivity index (χ0) is 21.4. The lowest BCUT2D eigenvalue weighted by Crippen LogP contribution is -2.49. The molecule has 1 saturated heterocycles. The molecule has 1 amide bonds. The van der Waals surface area contributed by atoms with Crippen LogP contribution in [0.2, 0.25) is 10.0 Å². The minimum atomic E-state index is -0.0525. The number of carbonyl (C=O) groups excluding carboxylic acids is 1. The number of halogens is 2. The van der Waals surface area contributed by atoms with E-state index in [1.807, 2.05) is 0 Å². The van der Waals surface area contributed by atoms with Crippen LogP contribution >= 0.6 is 23.2 Å². The summed E-state index contributed by atoms with van der Waals surface area (Å²) in [5.74, 6) is -0.0525. The van der Waals surface area contributed by atoms with Crippen LogP contribution < -0.4 is 5.32 Å². The van der Waals surface area contributed by atoms with Gasteiger partial charge in [0.2, 0.25) is 5.91 Å². The van der Waals surface area contributed by atoms with Gasteiger partial charge in [0.15, 0.2) is 0 Å². The van der Waals surface area contributed by atoms with Gasteiger partial charge in [0.25, 0.3) is 0 Å². The largest absolute Gasteiger partial charge is 0.325 e. The first-order valence-corrected chi connectivity index (χ1v) is 11.2. The highest BCUT2D eigenvalue weighted by molar-refractivity contribution is 6.35. The van der Waals surface area contributed by atoms with Crippen LogP contribution in [-0.2, 0) is 4.79 Å². The van der Waals surface area contributed by atoms with Gasteiger partial charge < -0.3 is 5.32 Å². The number of piperazine rings is 1. The first-order chi connectivity index (χ1) is 15.1.